The Morgan fingerprint density at radius 2 is 1.84 bits per heavy atom. The van der Waals surface area contributed by atoms with E-state index in [0.717, 1.165) is 36.6 Å². The number of carbonyl (C=O) groups excluding carboxylic acids is 1. The van der Waals surface area contributed by atoms with Crippen LogP contribution in [-0.4, -0.2) is 27.9 Å². The SMILES string of the molecule is Cc1ccc2nc(NC(=O)c3ccc(Cl)cc3)nc(N(C(=N)N)C3CCCCC3)c2c1. The molecule has 0 bridgehead atoms. The van der Waals surface area contributed by atoms with Crippen molar-refractivity contribution in [1.29, 1.82) is 5.41 Å². The van der Waals surface area contributed by atoms with Crippen LogP contribution in [0, 0.1) is 12.3 Å². The molecule has 4 rings (SSSR count). The van der Waals surface area contributed by atoms with Crippen molar-refractivity contribution in [3.63, 3.8) is 0 Å². The number of benzene rings is 2. The highest BCUT2D eigenvalue weighted by molar-refractivity contribution is 6.30. The van der Waals surface area contributed by atoms with E-state index in [0.29, 0.717) is 21.9 Å². The number of nitrogens with two attached hydrogens (primary N) is 1. The van der Waals surface area contributed by atoms with Gasteiger partial charge in [0, 0.05) is 22.0 Å². The summed E-state index contributed by atoms with van der Waals surface area (Å²) < 4.78 is 0. The van der Waals surface area contributed by atoms with Crippen LogP contribution in [0.4, 0.5) is 11.8 Å². The molecule has 1 aromatic heterocycles. The van der Waals surface area contributed by atoms with Crippen LogP contribution in [0.2, 0.25) is 5.02 Å². The highest BCUT2D eigenvalue weighted by atomic mass is 35.5. The predicted octanol–water partition coefficient (Wildman–Crippen LogP) is 4.88. The first kappa shape index (κ1) is 21.1. The molecule has 0 atom stereocenters. The number of anilines is 2. The lowest BCUT2D eigenvalue weighted by molar-refractivity contribution is 0.102. The van der Waals surface area contributed by atoms with E-state index in [1.807, 2.05) is 25.1 Å². The molecular formula is C23H25ClN6O. The van der Waals surface area contributed by atoms with Gasteiger partial charge in [0.1, 0.15) is 5.82 Å². The summed E-state index contributed by atoms with van der Waals surface area (Å²) in [4.78, 5) is 23.7. The van der Waals surface area contributed by atoms with Crippen LogP contribution in [0.3, 0.4) is 0 Å². The number of aryl methyl sites for hydroxylation is 1. The van der Waals surface area contributed by atoms with E-state index in [2.05, 4.69) is 15.3 Å². The topological polar surface area (TPSA) is 108 Å². The monoisotopic (exact) mass is 436 g/mol. The summed E-state index contributed by atoms with van der Waals surface area (Å²) in [6.07, 6.45) is 5.27. The fraction of sp³-hybridized carbons (Fsp3) is 0.304. The zero-order valence-electron chi connectivity index (χ0n) is 17.4. The Balaban J connectivity index is 1.77. The van der Waals surface area contributed by atoms with Crippen molar-refractivity contribution in [2.24, 2.45) is 5.73 Å². The number of fused-ring (bicyclic) bond motifs is 1. The molecule has 1 aliphatic carbocycles. The molecule has 0 radical (unpaired) electrons. The Hall–Kier alpha value is -3.19. The number of hydrogen-bond donors (Lipinski definition) is 3. The first-order chi connectivity index (χ1) is 14.9. The van der Waals surface area contributed by atoms with Gasteiger partial charge in [0.2, 0.25) is 5.95 Å². The zero-order valence-corrected chi connectivity index (χ0v) is 18.1. The summed E-state index contributed by atoms with van der Waals surface area (Å²) in [5.74, 6) is 0.345. The van der Waals surface area contributed by atoms with Crippen molar-refractivity contribution in [1.82, 2.24) is 9.97 Å². The lowest BCUT2D eigenvalue weighted by atomic mass is 9.94. The van der Waals surface area contributed by atoms with Gasteiger partial charge in [0.05, 0.1) is 5.52 Å². The minimum atomic E-state index is -0.332. The quantitative estimate of drug-likeness (QED) is 0.399. The van der Waals surface area contributed by atoms with E-state index in [1.54, 1.807) is 29.2 Å². The van der Waals surface area contributed by atoms with Crippen LogP contribution in [0.5, 0.6) is 0 Å². The third kappa shape index (κ3) is 4.61. The van der Waals surface area contributed by atoms with Crippen LogP contribution in [-0.2, 0) is 0 Å². The van der Waals surface area contributed by atoms with E-state index in [4.69, 9.17) is 22.7 Å². The minimum absolute atomic E-state index is 0.0524. The molecule has 8 heteroatoms. The maximum absolute atomic E-state index is 12.7. The Labute approximate surface area is 186 Å². The van der Waals surface area contributed by atoms with Crippen molar-refractivity contribution in [3.8, 4) is 0 Å². The summed E-state index contributed by atoms with van der Waals surface area (Å²) >= 11 is 5.92. The van der Waals surface area contributed by atoms with Gasteiger partial charge in [-0.3, -0.25) is 20.4 Å². The molecule has 160 valence electrons. The summed E-state index contributed by atoms with van der Waals surface area (Å²) in [5.41, 5.74) is 8.23. The zero-order chi connectivity index (χ0) is 22.0. The molecule has 31 heavy (non-hydrogen) atoms. The number of nitrogens with zero attached hydrogens (tertiary/aromatic N) is 3. The fourth-order valence-corrected chi connectivity index (χ4v) is 4.19. The summed E-state index contributed by atoms with van der Waals surface area (Å²) in [5, 5.41) is 12.4. The first-order valence-electron chi connectivity index (χ1n) is 10.4. The second-order valence-electron chi connectivity index (χ2n) is 7.90. The van der Waals surface area contributed by atoms with E-state index in [1.165, 1.54) is 6.42 Å². The number of rotatable bonds is 4. The van der Waals surface area contributed by atoms with Crippen molar-refractivity contribution in [3.05, 3.63) is 58.6 Å². The van der Waals surface area contributed by atoms with Gasteiger partial charge in [-0.1, -0.05) is 42.5 Å². The molecule has 3 aromatic rings. The van der Waals surface area contributed by atoms with E-state index in [-0.39, 0.29) is 23.9 Å². The van der Waals surface area contributed by atoms with Gasteiger partial charge in [-0.2, -0.15) is 4.98 Å². The number of nitrogens with one attached hydrogen (secondary N) is 2. The Bertz CT molecular complexity index is 1120. The molecule has 1 heterocycles. The van der Waals surface area contributed by atoms with E-state index in [9.17, 15) is 4.79 Å². The van der Waals surface area contributed by atoms with Gasteiger partial charge >= 0.3 is 0 Å². The molecule has 0 unspecified atom stereocenters. The molecular weight excluding hydrogens is 412 g/mol. The van der Waals surface area contributed by atoms with E-state index >= 15 is 0 Å². The van der Waals surface area contributed by atoms with Gasteiger partial charge in [0.15, 0.2) is 5.96 Å². The lowest BCUT2D eigenvalue weighted by Gasteiger charge is -2.34. The molecule has 0 aliphatic heterocycles. The Kier molecular flexibility index (Phi) is 6.04. The molecule has 0 saturated heterocycles. The first-order valence-corrected chi connectivity index (χ1v) is 10.8. The van der Waals surface area contributed by atoms with Crippen molar-refractivity contribution in [2.45, 2.75) is 45.1 Å². The molecule has 1 saturated carbocycles. The highest BCUT2D eigenvalue weighted by Gasteiger charge is 2.27. The summed E-state index contributed by atoms with van der Waals surface area (Å²) in [6.45, 7) is 2.00. The largest absolute Gasteiger partial charge is 0.370 e. The number of amides is 1. The van der Waals surface area contributed by atoms with Crippen LogP contribution in [0.1, 0.15) is 48.0 Å². The molecule has 4 N–H and O–H groups in total. The lowest BCUT2D eigenvalue weighted by Crippen LogP contribution is -2.46. The Morgan fingerprint density at radius 1 is 1.13 bits per heavy atom. The maximum Gasteiger partial charge on any atom is 0.258 e. The molecule has 0 spiro atoms. The second kappa shape index (κ2) is 8.89. The minimum Gasteiger partial charge on any atom is -0.370 e. The molecule has 1 amide bonds. The number of carbonyl (C=O) groups is 1. The third-order valence-electron chi connectivity index (χ3n) is 5.59. The average molecular weight is 437 g/mol. The molecule has 1 aliphatic rings. The van der Waals surface area contributed by atoms with Gasteiger partial charge in [-0.05, 0) is 56.2 Å². The van der Waals surface area contributed by atoms with Crippen molar-refractivity contribution >= 4 is 46.1 Å². The van der Waals surface area contributed by atoms with Crippen LogP contribution in [0.15, 0.2) is 42.5 Å². The van der Waals surface area contributed by atoms with Crippen molar-refractivity contribution in [2.75, 3.05) is 10.2 Å². The number of hydrogen-bond acceptors (Lipinski definition) is 4. The third-order valence-corrected chi connectivity index (χ3v) is 5.84. The number of guanidine groups is 1. The predicted molar refractivity (Wildman–Crippen MR) is 125 cm³/mol. The normalized spacial score (nSPS) is 14.4. The smallest absolute Gasteiger partial charge is 0.258 e. The van der Waals surface area contributed by atoms with Crippen LogP contribution in [0.25, 0.3) is 10.9 Å². The Morgan fingerprint density at radius 3 is 2.52 bits per heavy atom. The van der Waals surface area contributed by atoms with Gasteiger partial charge in [-0.25, -0.2) is 4.98 Å². The second-order valence-corrected chi connectivity index (χ2v) is 8.34. The van der Waals surface area contributed by atoms with Gasteiger partial charge < -0.3 is 5.73 Å². The number of aromatic nitrogens is 2. The number of halogens is 1. The summed E-state index contributed by atoms with van der Waals surface area (Å²) in [6, 6.07) is 12.6. The van der Waals surface area contributed by atoms with Crippen molar-refractivity contribution < 1.29 is 4.79 Å². The van der Waals surface area contributed by atoms with Gasteiger partial charge in [-0.15, -0.1) is 0 Å². The average Bonchev–Trinajstić information content (AvgIpc) is 2.75. The molecule has 7 nitrogen and oxygen atoms in total. The van der Waals surface area contributed by atoms with Crippen LogP contribution < -0.4 is 16.0 Å². The highest BCUT2D eigenvalue weighted by Crippen LogP contribution is 2.32. The standard InChI is InChI=1S/C23H25ClN6O/c1-14-7-12-19-18(13-14)20(30(22(25)26)17-5-3-2-4-6-17)28-23(27-19)29-21(31)15-8-10-16(24)11-9-15/h7-13,17H,2-6H2,1H3,(H3,25,26)(H,27,28,29,31). The summed E-state index contributed by atoms with van der Waals surface area (Å²) in [7, 11) is 0. The molecule has 1 fully saturated rings. The molecule has 2 aromatic carbocycles. The maximum atomic E-state index is 12.7. The van der Waals surface area contributed by atoms with Crippen LogP contribution >= 0.6 is 11.6 Å². The van der Waals surface area contributed by atoms with E-state index < -0.39 is 0 Å². The van der Waals surface area contributed by atoms with Gasteiger partial charge in [0.25, 0.3) is 5.91 Å². The fourth-order valence-electron chi connectivity index (χ4n) is 4.06.